The van der Waals surface area contributed by atoms with Gasteiger partial charge in [0.15, 0.2) is 0 Å². The van der Waals surface area contributed by atoms with Gasteiger partial charge in [-0.15, -0.1) is 0 Å². The average molecular weight is 315 g/mol. The number of carbonyl (C=O) groups excluding carboxylic acids is 2. The van der Waals surface area contributed by atoms with E-state index in [1.165, 1.54) is 12.1 Å². The first-order chi connectivity index (χ1) is 11.2. The number of likely N-dealkylation sites (tertiary alicyclic amines) is 1. The minimum Gasteiger partial charge on any atom is -0.368 e. The molecule has 2 aliphatic rings. The largest absolute Gasteiger partial charge is 0.368 e. The number of hydrogen-bond acceptors (Lipinski definition) is 3. The van der Waals surface area contributed by atoms with E-state index < -0.39 is 0 Å². The number of rotatable bonds is 3. The summed E-state index contributed by atoms with van der Waals surface area (Å²) in [6, 6.07) is 10.3. The number of anilines is 1. The van der Waals surface area contributed by atoms with Crippen LogP contribution in [0.2, 0.25) is 0 Å². The van der Waals surface area contributed by atoms with Gasteiger partial charge in [-0.3, -0.25) is 9.59 Å². The molecule has 0 unspecified atom stereocenters. The lowest BCUT2D eigenvalue weighted by Crippen LogP contribution is -2.50. The summed E-state index contributed by atoms with van der Waals surface area (Å²) >= 11 is 0. The highest BCUT2D eigenvalue weighted by molar-refractivity contribution is 5.97. The molecule has 0 aliphatic carbocycles. The Morgan fingerprint density at radius 3 is 1.91 bits per heavy atom. The molecule has 0 N–H and O–H groups in total. The Hall–Kier alpha value is -2.04. The smallest absolute Gasteiger partial charge is 0.232 e. The molecule has 2 aliphatic heterocycles. The number of amides is 2. The third-order valence-electron chi connectivity index (χ3n) is 4.76. The molecule has 23 heavy (non-hydrogen) atoms. The highest BCUT2D eigenvalue weighted by Crippen LogP contribution is 2.16. The van der Waals surface area contributed by atoms with Gasteiger partial charge in [-0.25, -0.2) is 0 Å². The van der Waals surface area contributed by atoms with Crippen molar-refractivity contribution in [1.82, 2.24) is 9.80 Å². The molecule has 3 rings (SSSR count). The van der Waals surface area contributed by atoms with Crippen LogP contribution in [0.25, 0.3) is 0 Å². The van der Waals surface area contributed by atoms with E-state index in [0.717, 1.165) is 39.0 Å². The van der Waals surface area contributed by atoms with Crippen LogP contribution in [0.3, 0.4) is 0 Å². The summed E-state index contributed by atoms with van der Waals surface area (Å²) in [5.41, 5.74) is 1.20. The van der Waals surface area contributed by atoms with E-state index in [2.05, 4.69) is 17.0 Å². The van der Waals surface area contributed by atoms with Gasteiger partial charge < -0.3 is 14.7 Å². The molecular weight excluding hydrogens is 290 g/mol. The average Bonchev–Trinajstić information content (AvgIpc) is 2.63. The number of piperazine rings is 1. The van der Waals surface area contributed by atoms with Gasteiger partial charge in [-0.05, 0) is 31.4 Å². The predicted octanol–water partition coefficient (Wildman–Crippen LogP) is 1.74. The molecule has 2 amide bonds. The number of benzene rings is 1. The fraction of sp³-hybridized carbons (Fsp3) is 0.556. The first kappa shape index (κ1) is 15.8. The Morgan fingerprint density at radius 2 is 1.30 bits per heavy atom. The molecule has 1 aromatic rings. The topological polar surface area (TPSA) is 43.9 Å². The minimum absolute atomic E-state index is 0.000175. The molecule has 0 atom stereocenters. The van der Waals surface area contributed by atoms with Crippen LogP contribution in [0.15, 0.2) is 30.3 Å². The lowest BCUT2D eigenvalue weighted by molar-refractivity contribution is -0.141. The monoisotopic (exact) mass is 315 g/mol. The van der Waals surface area contributed by atoms with Crippen molar-refractivity contribution in [3.8, 4) is 0 Å². The van der Waals surface area contributed by atoms with Crippen LogP contribution in [0.1, 0.15) is 25.7 Å². The van der Waals surface area contributed by atoms with Crippen molar-refractivity contribution >= 4 is 17.5 Å². The van der Waals surface area contributed by atoms with Gasteiger partial charge >= 0.3 is 0 Å². The van der Waals surface area contributed by atoms with Crippen LogP contribution < -0.4 is 4.90 Å². The van der Waals surface area contributed by atoms with Crippen LogP contribution in [0.4, 0.5) is 5.69 Å². The molecule has 5 heteroatoms. The first-order valence-electron chi connectivity index (χ1n) is 8.59. The molecule has 0 saturated carbocycles. The van der Waals surface area contributed by atoms with Gasteiger partial charge in [0, 0.05) is 45.0 Å². The number of para-hydroxylation sites is 1. The van der Waals surface area contributed by atoms with Gasteiger partial charge in [0.05, 0.1) is 0 Å². The van der Waals surface area contributed by atoms with Crippen molar-refractivity contribution in [3.63, 3.8) is 0 Å². The second-order valence-corrected chi connectivity index (χ2v) is 6.32. The van der Waals surface area contributed by atoms with E-state index in [-0.39, 0.29) is 18.2 Å². The predicted molar refractivity (Wildman–Crippen MR) is 90.3 cm³/mol. The van der Waals surface area contributed by atoms with E-state index in [1.807, 2.05) is 28.0 Å². The SMILES string of the molecule is O=C(CC(=O)N1CCN(c2ccccc2)CC1)N1CCCCC1. The highest BCUT2D eigenvalue weighted by Gasteiger charge is 2.25. The van der Waals surface area contributed by atoms with E-state index >= 15 is 0 Å². The zero-order chi connectivity index (χ0) is 16.1. The maximum Gasteiger partial charge on any atom is 0.232 e. The van der Waals surface area contributed by atoms with Crippen molar-refractivity contribution in [3.05, 3.63) is 30.3 Å². The molecular formula is C18H25N3O2. The lowest BCUT2D eigenvalue weighted by Gasteiger charge is -2.36. The lowest BCUT2D eigenvalue weighted by atomic mass is 10.1. The van der Waals surface area contributed by atoms with Gasteiger partial charge in [0.2, 0.25) is 11.8 Å². The third kappa shape index (κ3) is 4.03. The molecule has 124 valence electrons. The zero-order valence-electron chi connectivity index (χ0n) is 13.6. The Balaban J connectivity index is 1.47. The fourth-order valence-electron chi connectivity index (χ4n) is 3.35. The summed E-state index contributed by atoms with van der Waals surface area (Å²) in [5.74, 6) is -0.0199. The quantitative estimate of drug-likeness (QED) is 0.798. The van der Waals surface area contributed by atoms with Crippen LogP contribution in [0, 0.1) is 0 Å². The van der Waals surface area contributed by atoms with Crippen LogP contribution >= 0.6 is 0 Å². The number of piperidine rings is 1. The second-order valence-electron chi connectivity index (χ2n) is 6.32. The second kappa shape index (κ2) is 7.49. The Labute approximate surface area is 137 Å². The van der Waals surface area contributed by atoms with Gasteiger partial charge in [0.25, 0.3) is 0 Å². The summed E-state index contributed by atoms with van der Waals surface area (Å²) in [4.78, 5) is 30.5. The third-order valence-corrected chi connectivity index (χ3v) is 4.76. The first-order valence-corrected chi connectivity index (χ1v) is 8.59. The maximum absolute atomic E-state index is 12.4. The zero-order valence-corrected chi connectivity index (χ0v) is 13.6. The van der Waals surface area contributed by atoms with Crippen molar-refractivity contribution in [2.24, 2.45) is 0 Å². The fourth-order valence-corrected chi connectivity index (χ4v) is 3.35. The van der Waals surface area contributed by atoms with Crippen LogP contribution in [0.5, 0.6) is 0 Å². The number of hydrogen-bond donors (Lipinski definition) is 0. The molecule has 0 spiro atoms. The van der Waals surface area contributed by atoms with E-state index in [4.69, 9.17) is 0 Å². The normalized spacial score (nSPS) is 18.9. The molecule has 0 bridgehead atoms. The number of carbonyl (C=O) groups is 2. The Kier molecular flexibility index (Phi) is 5.16. The number of nitrogens with zero attached hydrogens (tertiary/aromatic N) is 3. The van der Waals surface area contributed by atoms with Gasteiger partial charge in [-0.1, -0.05) is 18.2 Å². The molecule has 5 nitrogen and oxygen atoms in total. The summed E-state index contributed by atoms with van der Waals surface area (Å²) in [6.07, 6.45) is 3.36. The molecule has 2 fully saturated rings. The summed E-state index contributed by atoms with van der Waals surface area (Å²) in [6.45, 7) is 4.67. The molecule has 2 heterocycles. The van der Waals surface area contributed by atoms with Crippen molar-refractivity contribution < 1.29 is 9.59 Å². The highest BCUT2D eigenvalue weighted by atomic mass is 16.2. The van der Waals surface area contributed by atoms with Crippen molar-refractivity contribution in [2.75, 3.05) is 44.2 Å². The van der Waals surface area contributed by atoms with Crippen molar-refractivity contribution in [2.45, 2.75) is 25.7 Å². The Morgan fingerprint density at radius 1 is 0.739 bits per heavy atom. The molecule has 2 saturated heterocycles. The summed E-state index contributed by atoms with van der Waals surface area (Å²) in [5, 5.41) is 0. The summed E-state index contributed by atoms with van der Waals surface area (Å²) in [7, 11) is 0. The molecule has 0 aromatic heterocycles. The van der Waals surface area contributed by atoms with Gasteiger partial charge in [-0.2, -0.15) is 0 Å². The van der Waals surface area contributed by atoms with E-state index in [1.54, 1.807) is 0 Å². The van der Waals surface area contributed by atoms with E-state index in [9.17, 15) is 9.59 Å². The Bertz CT molecular complexity index is 532. The molecule has 1 aromatic carbocycles. The van der Waals surface area contributed by atoms with Gasteiger partial charge in [0.1, 0.15) is 6.42 Å². The van der Waals surface area contributed by atoms with Crippen LogP contribution in [-0.4, -0.2) is 60.9 Å². The summed E-state index contributed by atoms with van der Waals surface area (Å²) < 4.78 is 0. The standard InChI is InChI=1S/C18H25N3O2/c22-17(20-9-5-2-6-10-20)15-18(23)21-13-11-19(12-14-21)16-7-3-1-4-8-16/h1,3-4,7-8H,2,5-6,9-15H2. The molecule has 0 radical (unpaired) electrons. The van der Waals surface area contributed by atoms with E-state index in [0.29, 0.717) is 13.1 Å². The maximum atomic E-state index is 12.4. The van der Waals surface area contributed by atoms with Crippen molar-refractivity contribution in [1.29, 1.82) is 0 Å². The van der Waals surface area contributed by atoms with Crippen LogP contribution in [-0.2, 0) is 9.59 Å². The minimum atomic E-state index is -0.0201.